The second-order valence-electron chi connectivity index (χ2n) is 4.50. The number of amides is 1. The summed E-state index contributed by atoms with van der Waals surface area (Å²) in [5.41, 5.74) is 5.31. The van der Waals surface area contributed by atoms with Gasteiger partial charge in [-0.3, -0.25) is 9.59 Å². The van der Waals surface area contributed by atoms with Gasteiger partial charge in [-0.05, 0) is 19.1 Å². The molecule has 1 amide bonds. The van der Waals surface area contributed by atoms with Gasteiger partial charge in [0.05, 0.1) is 5.56 Å². The zero-order chi connectivity index (χ0) is 15.4. The third kappa shape index (κ3) is 3.45. The number of Topliss-reactive ketones (excluding diaryl/α,β-unsaturated/α-hetero) is 1. The van der Waals surface area contributed by atoms with Crippen molar-refractivity contribution in [3.63, 3.8) is 0 Å². The van der Waals surface area contributed by atoms with Gasteiger partial charge in [0.1, 0.15) is 11.6 Å². The van der Waals surface area contributed by atoms with Crippen LogP contribution >= 0.6 is 0 Å². The van der Waals surface area contributed by atoms with Crippen molar-refractivity contribution >= 4 is 11.7 Å². The summed E-state index contributed by atoms with van der Waals surface area (Å²) in [7, 11) is 0. The van der Waals surface area contributed by atoms with Crippen LogP contribution in [0.15, 0.2) is 48.5 Å². The van der Waals surface area contributed by atoms with Crippen LogP contribution in [0.25, 0.3) is 0 Å². The van der Waals surface area contributed by atoms with Crippen LogP contribution in [0, 0.1) is 5.82 Å². The molecule has 0 heterocycles. The third-order valence-electron chi connectivity index (χ3n) is 2.95. The number of carbonyl (C=O) groups excluding carboxylic acids is 2. The fourth-order valence-corrected chi connectivity index (χ4v) is 1.86. The number of rotatable bonds is 5. The Balaban J connectivity index is 2.13. The van der Waals surface area contributed by atoms with Crippen LogP contribution in [0.2, 0.25) is 0 Å². The zero-order valence-corrected chi connectivity index (χ0v) is 11.4. The first kappa shape index (κ1) is 14.7. The molecule has 0 fully saturated rings. The van der Waals surface area contributed by atoms with Crippen LogP contribution < -0.4 is 10.5 Å². The molecule has 2 aromatic rings. The molecule has 5 heteroatoms. The van der Waals surface area contributed by atoms with Crippen LogP contribution in [-0.4, -0.2) is 17.8 Å². The number of ether oxygens (including phenoxy) is 1. The Bertz CT molecular complexity index is 670. The van der Waals surface area contributed by atoms with E-state index in [4.69, 9.17) is 10.5 Å². The van der Waals surface area contributed by atoms with Crippen LogP contribution in [0.3, 0.4) is 0 Å². The van der Waals surface area contributed by atoms with E-state index in [9.17, 15) is 14.0 Å². The maximum absolute atomic E-state index is 13.6. The molecule has 0 saturated heterocycles. The quantitative estimate of drug-likeness (QED) is 0.859. The first-order chi connectivity index (χ1) is 9.99. The van der Waals surface area contributed by atoms with Gasteiger partial charge in [0.25, 0.3) is 5.91 Å². The predicted octanol–water partition coefficient (Wildman–Crippen LogP) is 2.57. The molecule has 4 nitrogen and oxygen atoms in total. The molecule has 0 aliphatic carbocycles. The van der Waals surface area contributed by atoms with Crippen molar-refractivity contribution in [1.29, 1.82) is 0 Å². The average Bonchev–Trinajstić information content (AvgIpc) is 2.47. The van der Waals surface area contributed by atoms with Crippen molar-refractivity contribution in [2.45, 2.75) is 13.0 Å². The second-order valence-corrected chi connectivity index (χ2v) is 4.50. The minimum absolute atomic E-state index is 0.161. The highest BCUT2D eigenvalue weighted by molar-refractivity contribution is 5.99. The van der Waals surface area contributed by atoms with Crippen molar-refractivity contribution in [1.82, 2.24) is 0 Å². The number of primary amides is 1. The molecule has 0 aliphatic heterocycles. The minimum Gasteiger partial charge on any atom is -0.482 e. The van der Waals surface area contributed by atoms with Gasteiger partial charge in [0.2, 0.25) is 5.78 Å². The molecule has 0 aromatic heterocycles. The first-order valence-corrected chi connectivity index (χ1v) is 6.34. The highest BCUT2D eigenvalue weighted by atomic mass is 19.1. The maximum Gasteiger partial charge on any atom is 0.251 e. The van der Waals surface area contributed by atoms with Crippen LogP contribution in [-0.2, 0) is 0 Å². The summed E-state index contributed by atoms with van der Waals surface area (Å²) in [6.45, 7) is 1.58. The van der Waals surface area contributed by atoms with E-state index >= 15 is 0 Å². The lowest BCUT2D eigenvalue weighted by molar-refractivity contribution is 0.0816. The fourth-order valence-electron chi connectivity index (χ4n) is 1.86. The topological polar surface area (TPSA) is 69.4 Å². The molecule has 0 aliphatic rings. The lowest BCUT2D eigenvalue weighted by Gasteiger charge is -2.14. The Labute approximate surface area is 121 Å². The number of carbonyl (C=O) groups is 2. The average molecular weight is 287 g/mol. The molecule has 21 heavy (non-hydrogen) atoms. The monoisotopic (exact) mass is 287 g/mol. The van der Waals surface area contributed by atoms with E-state index in [0.717, 1.165) is 6.07 Å². The van der Waals surface area contributed by atoms with Gasteiger partial charge in [0, 0.05) is 11.6 Å². The number of hydrogen-bond acceptors (Lipinski definition) is 3. The first-order valence-electron chi connectivity index (χ1n) is 6.34. The standard InChI is InChI=1S/C16H14FNO3/c1-10(15(19)11-5-3-2-4-6-11)21-12-7-8-13(16(18)20)14(17)9-12/h2-10H,1H3,(H2,18,20). The summed E-state index contributed by atoms with van der Waals surface area (Å²) in [4.78, 5) is 23.1. The zero-order valence-electron chi connectivity index (χ0n) is 11.4. The Kier molecular flexibility index (Phi) is 4.33. The van der Waals surface area contributed by atoms with Gasteiger partial charge in [-0.2, -0.15) is 0 Å². The lowest BCUT2D eigenvalue weighted by atomic mass is 10.1. The number of hydrogen-bond donors (Lipinski definition) is 1. The molecule has 1 atom stereocenters. The van der Waals surface area contributed by atoms with Gasteiger partial charge in [-0.1, -0.05) is 30.3 Å². The van der Waals surface area contributed by atoms with E-state index in [0.29, 0.717) is 5.56 Å². The normalized spacial score (nSPS) is 11.7. The van der Waals surface area contributed by atoms with Gasteiger partial charge < -0.3 is 10.5 Å². The van der Waals surface area contributed by atoms with E-state index < -0.39 is 17.8 Å². The minimum atomic E-state index is -0.854. The third-order valence-corrected chi connectivity index (χ3v) is 2.95. The van der Waals surface area contributed by atoms with E-state index in [1.165, 1.54) is 12.1 Å². The Morgan fingerprint density at radius 2 is 1.81 bits per heavy atom. The summed E-state index contributed by atoms with van der Waals surface area (Å²) in [6.07, 6.45) is -0.772. The molecule has 0 radical (unpaired) electrons. The van der Waals surface area contributed by atoms with Gasteiger partial charge >= 0.3 is 0 Å². The summed E-state index contributed by atoms with van der Waals surface area (Å²) < 4.78 is 19.0. The molecule has 0 spiro atoms. The van der Waals surface area contributed by atoms with Crippen molar-refractivity contribution in [2.75, 3.05) is 0 Å². The molecular formula is C16H14FNO3. The molecule has 2 N–H and O–H groups in total. The fraction of sp³-hybridized carbons (Fsp3) is 0.125. The highest BCUT2D eigenvalue weighted by Crippen LogP contribution is 2.18. The molecule has 108 valence electrons. The summed E-state index contributed by atoms with van der Waals surface area (Å²) in [6, 6.07) is 12.3. The maximum atomic E-state index is 13.6. The van der Waals surface area contributed by atoms with E-state index in [1.807, 2.05) is 0 Å². The largest absolute Gasteiger partial charge is 0.482 e. The predicted molar refractivity (Wildman–Crippen MR) is 75.8 cm³/mol. The van der Waals surface area contributed by atoms with Gasteiger partial charge in [0.15, 0.2) is 6.10 Å². The van der Waals surface area contributed by atoms with E-state index in [1.54, 1.807) is 37.3 Å². The number of halogens is 1. The molecule has 1 unspecified atom stereocenters. The number of ketones is 1. The van der Waals surface area contributed by atoms with Crippen molar-refractivity contribution < 1.29 is 18.7 Å². The van der Waals surface area contributed by atoms with Crippen LogP contribution in [0.4, 0.5) is 4.39 Å². The van der Waals surface area contributed by atoms with Gasteiger partial charge in [-0.25, -0.2) is 4.39 Å². The Morgan fingerprint density at radius 3 is 2.38 bits per heavy atom. The smallest absolute Gasteiger partial charge is 0.251 e. The van der Waals surface area contributed by atoms with Gasteiger partial charge in [-0.15, -0.1) is 0 Å². The molecule has 2 rings (SSSR count). The highest BCUT2D eigenvalue weighted by Gasteiger charge is 2.17. The summed E-state index contributed by atoms with van der Waals surface area (Å²) in [5, 5.41) is 0. The Morgan fingerprint density at radius 1 is 1.14 bits per heavy atom. The second kappa shape index (κ2) is 6.17. The summed E-state index contributed by atoms with van der Waals surface area (Å²) >= 11 is 0. The summed E-state index contributed by atoms with van der Waals surface area (Å²) in [5.74, 6) is -1.68. The van der Waals surface area contributed by atoms with E-state index in [2.05, 4.69) is 0 Å². The molecular weight excluding hydrogens is 273 g/mol. The van der Waals surface area contributed by atoms with Crippen LogP contribution in [0.5, 0.6) is 5.75 Å². The molecule has 0 saturated carbocycles. The SMILES string of the molecule is CC(Oc1ccc(C(N)=O)c(F)c1)C(=O)c1ccccc1. The number of benzene rings is 2. The lowest BCUT2D eigenvalue weighted by Crippen LogP contribution is -2.24. The number of nitrogens with two attached hydrogens (primary N) is 1. The Hall–Kier alpha value is -2.69. The molecule has 0 bridgehead atoms. The van der Waals surface area contributed by atoms with Crippen molar-refractivity contribution in [3.8, 4) is 5.75 Å². The van der Waals surface area contributed by atoms with Crippen LogP contribution in [0.1, 0.15) is 27.6 Å². The van der Waals surface area contributed by atoms with Crippen molar-refractivity contribution in [3.05, 3.63) is 65.5 Å². The van der Waals surface area contributed by atoms with E-state index in [-0.39, 0.29) is 17.1 Å². The van der Waals surface area contributed by atoms with Crippen molar-refractivity contribution in [2.24, 2.45) is 5.73 Å². The molecule has 2 aromatic carbocycles.